The van der Waals surface area contributed by atoms with Gasteiger partial charge in [0.05, 0.1) is 5.92 Å². The van der Waals surface area contributed by atoms with E-state index in [2.05, 4.69) is 0 Å². The molecule has 0 saturated heterocycles. The second kappa shape index (κ2) is 8.44. The van der Waals surface area contributed by atoms with Crippen molar-refractivity contribution in [2.45, 2.75) is 26.3 Å². The lowest BCUT2D eigenvalue weighted by Gasteiger charge is -2.27. The Labute approximate surface area is 163 Å². The van der Waals surface area contributed by atoms with Gasteiger partial charge in [0, 0.05) is 16.8 Å². The minimum absolute atomic E-state index is 0.0503. The Morgan fingerprint density at radius 1 is 1.22 bits per heavy atom. The molecule has 27 heavy (non-hydrogen) atoms. The van der Waals surface area contributed by atoms with E-state index >= 15 is 0 Å². The number of hydrogen-bond acceptors (Lipinski definition) is 4. The summed E-state index contributed by atoms with van der Waals surface area (Å²) in [6, 6.07) is 14.6. The standard InChI is InChI=1S/C21H22ClNO4/c1-14(2)23(18-6-4-3-5-7-18)20(24)13-27-21(25)16-10-15-11-17(22)8-9-19(15)26-12-16/h3-9,11,14,16H,10,12-13H2,1-2H3. The summed E-state index contributed by atoms with van der Waals surface area (Å²) in [7, 11) is 0. The molecular formula is C21H22ClNO4. The molecule has 0 spiro atoms. The number of rotatable bonds is 5. The molecule has 1 heterocycles. The maximum Gasteiger partial charge on any atom is 0.313 e. The number of carbonyl (C=O) groups excluding carboxylic acids is 2. The lowest BCUT2D eigenvalue weighted by Crippen LogP contribution is -2.41. The highest BCUT2D eigenvalue weighted by Crippen LogP contribution is 2.30. The average molecular weight is 388 g/mol. The molecule has 0 radical (unpaired) electrons. The van der Waals surface area contributed by atoms with Crippen molar-refractivity contribution in [2.75, 3.05) is 18.1 Å². The van der Waals surface area contributed by atoms with Gasteiger partial charge < -0.3 is 14.4 Å². The second-order valence-corrected chi connectivity index (χ2v) is 7.20. The number of amides is 1. The van der Waals surface area contributed by atoms with Crippen molar-refractivity contribution in [3.63, 3.8) is 0 Å². The van der Waals surface area contributed by atoms with Gasteiger partial charge in [-0.2, -0.15) is 0 Å². The predicted octanol–water partition coefficient (Wildman–Crippen LogP) is 3.88. The third-order valence-corrected chi connectivity index (χ3v) is 4.65. The quantitative estimate of drug-likeness (QED) is 0.730. The van der Waals surface area contributed by atoms with Crippen LogP contribution in [-0.2, 0) is 20.7 Å². The fourth-order valence-corrected chi connectivity index (χ4v) is 3.35. The van der Waals surface area contributed by atoms with Gasteiger partial charge in [0.1, 0.15) is 12.4 Å². The molecule has 5 nitrogen and oxygen atoms in total. The number of nitrogens with zero attached hydrogens (tertiary/aromatic N) is 1. The normalized spacial score (nSPS) is 15.6. The predicted molar refractivity (Wildman–Crippen MR) is 104 cm³/mol. The largest absolute Gasteiger partial charge is 0.492 e. The van der Waals surface area contributed by atoms with Gasteiger partial charge in [-0.3, -0.25) is 9.59 Å². The summed E-state index contributed by atoms with van der Waals surface area (Å²) in [5.41, 5.74) is 1.65. The van der Waals surface area contributed by atoms with Crippen LogP contribution in [0.3, 0.4) is 0 Å². The van der Waals surface area contributed by atoms with E-state index in [0.717, 1.165) is 17.0 Å². The van der Waals surface area contributed by atoms with Gasteiger partial charge >= 0.3 is 5.97 Å². The van der Waals surface area contributed by atoms with Crippen LogP contribution in [0.25, 0.3) is 0 Å². The van der Waals surface area contributed by atoms with Gasteiger partial charge in [-0.05, 0) is 56.2 Å². The smallest absolute Gasteiger partial charge is 0.313 e. The molecule has 1 amide bonds. The van der Waals surface area contributed by atoms with E-state index in [0.29, 0.717) is 11.4 Å². The second-order valence-electron chi connectivity index (χ2n) is 6.76. The molecule has 0 N–H and O–H groups in total. The van der Waals surface area contributed by atoms with Crippen LogP contribution in [0.1, 0.15) is 19.4 Å². The summed E-state index contributed by atoms with van der Waals surface area (Å²) in [6.45, 7) is 3.77. The van der Waals surface area contributed by atoms with E-state index in [9.17, 15) is 9.59 Å². The van der Waals surface area contributed by atoms with Gasteiger partial charge in [0.2, 0.25) is 0 Å². The zero-order chi connectivity index (χ0) is 19.4. The van der Waals surface area contributed by atoms with Gasteiger partial charge in [-0.1, -0.05) is 29.8 Å². The number of anilines is 1. The Hall–Kier alpha value is -2.53. The van der Waals surface area contributed by atoms with E-state index in [4.69, 9.17) is 21.1 Å². The van der Waals surface area contributed by atoms with Crippen molar-refractivity contribution < 1.29 is 19.1 Å². The molecular weight excluding hydrogens is 366 g/mol. The van der Waals surface area contributed by atoms with Crippen molar-refractivity contribution in [2.24, 2.45) is 5.92 Å². The molecule has 0 saturated carbocycles. The van der Waals surface area contributed by atoms with E-state index in [-0.39, 0.29) is 25.2 Å². The lowest BCUT2D eigenvalue weighted by atomic mass is 9.97. The monoisotopic (exact) mass is 387 g/mol. The van der Waals surface area contributed by atoms with Crippen LogP contribution in [0.15, 0.2) is 48.5 Å². The number of halogens is 1. The summed E-state index contributed by atoms with van der Waals surface area (Å²) in [5, 5.41) is 0.594. The van der Waals surface area contributed by atoms with Crippen LogP contribution in [-0.4, -0.2) is 31.1 Å². The zero-order valence-corrected chi connectivity index (χ0v) is 16.1. The zero-order valence-electron chi connectivity index (χ0n) is 15.4. The Morgan fingerprint density at radius 2 is 1.96 bits per heavy atom. The fourth-order valence-electron chi connectivity index (χ4n) is 3.15. The molecule has 1 aliphatic rings. The first-order chi connectivity index (χ1) is 13.0. The number of hydrogen-bond donors (Lipinski definition) is 0. The van der Waals surface area contributed by atoms with Crippen LogP contribution in [0.5, 0.6) is 5.75 Å². The molecule has 0 aliphatic carbocycles. The van der Waals surface area contributed by atoms with E-state index in [1.165, 1.54) is 0 Å². The summed E-state index contributed by atoms with van der Waals surface area (Å²) >= 11 is 6.01. The van der Waals surface area contributed by atoms with Crippen LogP contribution in [0.2, 0.25) is 5.02 Å². The minimum Gasteiger partial charge on any atom is -0.492 e. The van der Waals surface area contributed by atoms with Gasteiger partial charge in [-0.15, -0.1) is 0 Å². The summed E-state index contributed by atoms with van der Waals surface area (Å²) in [5.74, 6) is -0.418. The minimum atomic E-state index is -0.451. The Bertz CT molecular complexity index is 822. The molecule has 0 aromatic heterocycles. The molecule has 1 atom stereocenters. The molecule has 0 bridgehead atoms. The Balaban J connectivity index is 1.61. The Morgan fingerprint density at radius 3 is 2.67 bits per heavy atom. The van der Waals surface area contributed by atoms with Crippen LogP contribution >= 0.6 is 11.6 Å². The molecule has 142 valence electrons. The van der Waals surface area contributed by atoms with Crippen LogP contribution in [0.4, 0.5) is 5.69 Å². The SMILES string of the molecule is CC(C)N(C(=O)COC(=O)C1COc2ccc(Cl)cc2C1)c1ccccc1. The van der Waals surface area contributed by atoms with Gasteiger partial charge in [0.25, 0.3) is 5.91 Å². The summed E-state index contributed by atoms with van der Waals surface area (Å²) in [4.78, 5) is 26.7. The first-order valence-electron chi connectivity index (χ1n) is 8.90. The lowest BCUT2D eigenvalue weighted by molar-refractivity contribution is -0.153. The maximum atomic E-state index is 12.6. The molecule has 3 rings (SSSR count). The molecule has 1 unspecified atom stereocenters. The van der Waals surface area contributed by atoms with E-state index in [1.54, 1.807) is 23.1 Å². The number of fused-ring (bicyclic) bond motifs is 1. The topological polar surface area (TPSA) is 55.8 Å². The highest BCUT2D eigenvalue weighted by atomic mass is 35.5. The van der Waals surface area contributed by atoms with Crippen molar-refractivity contribution in [1.82, 2.24) is 0 Å². The number of carbonyl (C=O) groups is 2. The van der Waals surface area contributed by atoms with E-state index < -0.39 is 11.9 Å². The highest BCUT2D eigenvalue weighted by molar-refractivity contribution is 6.30. The average Bonchev–Trinajstić information content (AvgIpc) is 2.66. The first kappa shape index (κ1) is 19.2. The third kappa shape index (κ3) is 4.61. The maximum absolute atomic E-state index is 12.6. The summed E-state index contributed by atoms with van der Waals surface area (Å²) in [6.07, 6.45) is 0.482. The molecule has 6 heteroatoms. The molecule has 0 fully saturated rings. The van der Waals surface area contributed by atoms with Gasteiger partial charge in [-0.25, -0.2) is 0 Å². The fraction of sp³-hybridized carbons (Fsp3) is 0.333. The number of para-hydroxylation sites is 1. The molecule has 1 aliphatic heterocycles. The summed E-state index contributed by atoms with van der Waals surface area (Å²) < 4.78 is 10.9. The van der Waals surface area contributed by atoms with Crippen LogP contribution in [0, 0.1) is 5.92 Å². The Kier molecular flexibility index (Phi) is 6.01. The number of benzene rings is 2. The van der Waals surface area contributed by atoms with Crippen molar-refractivity contribution >= 4 is 29.2 Å². The first-order valence-corrected chi connectivity index (χ1v) is 9.28. The molecule has 2 aromatic carbocycles. The van der Waals surface area contributed by atoms with Crippen molar-refractivity contribution in [1.29, 1.82) is 0 Å². The van der Waals surface area contributed by atoms with Crippen molar-refractivity contribution in [3.05, 3.63) is 59.1 Å². The third-order valence-electron chi connectivity index (χ3n) is 4.42. The highest BCUT2D eigenvalue weighted by Gasteiger charge is 2.29. The molecule has 2 aromatic rings. The number of ether oxygens (including phenoxy) is 2. The van der Waals surface area contributed by atoms with Crippen molar-refractivity contribution in [3.8, 4) is 5.75 Å². The van der Waals surface area contributed by atoms with E-state index in [1.807, 2.05) is 44.2 Å². The number of esters is 1. The van der Waals surface area contributed by atoms with Crippen LogP contribution < -0.4 is 9.64 Å². The van der Waals surface area contributed by atoms with Gasteiger partial charge in [0.15, 0.2) is 6.61 Å².